The summed E-state index contributed by atoms with van der Waals surface area (Å²) in [4.78, 5) is 22.6. The molecule has 6 aromatic rings. The summed E-state index contributed by atoms with van der Waals surface area (Å²) in [5.41, 5.74) is 6.17. The van der Waals surface area contributed by atoms with Crippen LogP contribution in [0.15, 0.2) is 67.4 Å². The van der Waals surface area contributed by atoms with Gasteiger partial charge in [-0.1, -0.05) is 0 Å². The van der Waals surface area contributed by atoms with Crippen LogP contribution >= 0.6 is 0 Å². The van der Waals surface area contributed by atoms with E-state index in [9.17, 15) is 0 Å². The third-order valence-corrected chi connectivity index (χ3v) is 5.83. The predicted molar refractivity (Wildman–Crippen MR) is 130 cm³/mol. The number of benzene rings is 1. The molecule has 0 saturated heterocycles. The van der Waals surface area contributed by atoms with Crippen molar-refractivity contribution in [1.82, 2.24) is 35.1 Å². The summed E-state index contributed by atoms with van der Waals surface area (Å²) in [7, 11) is 3.84. The Morgan fingerprint density at radius 1 is 0.882 bits per heavy atom. The van der Waals surface area contributed by atoms with Crippen molar-refractivity contribution in [2.45, 2.75) is 0 Å². The summed E-state index contributed by atoms with van der Waals surface area (Å²) in [5.74, 6) is 0.0493. The van der Waals surface area contributed by atoms with Crippen LogP contribution in [-0.4, -0.2) is 49.2 Å². The van der Waals surface area contributed by atoms with Crippen molar-refractivity contribution in [3.05, 3.63) is 73.2 Å². The van der Waals surface area contributed by atoms with Gasteiger partial charge >= 0.3 is 0 Å². The van der Waals surface area contributed by atoms with Crippen LogP contribution in [0.2, 0.25) is 0 Å². The molecular weight excluding hydrogens is 431 g/mol. The van der Waals surface area contributed by atoms with E-state index in [2.05, 4.69) is 35.1 Å². The quantitative estimate of drug-likeness (QED) is 0.399. The van der Waals surface area contributed by atoms with Crippen LogP contribution in [0.3, 0.4) is 0 Å². The van der Waals surface area contributed by atoms with Gasteiger partial charge in [-0.2, -0.15) is 5.10 Å². The first kappa shape index (κ1) is 20.0. The molecule has 0 aliphatic carbocycles. The zero-order valence-corrected chi connectivity index (χ0v) is 18.4. The van der Waals surface area contributed by atoms with Crippen LogP contribution in [0.5, 0.6) is 0 Å². The number of rotatable bonds is 4. The van der Waals surface area contributed by atoms with Gasteiger partial charge in [0.25, 0.3) is 0 Å². The Balaban J connectivity index is 1.52. The van der Waals surface area contributed by atoms with E-state index in [0.717, 1.165) is 22.3 Å². The van der Waals surface area contributed by atoms with Gasteiger partial charge in [0.15, 0.2) is 11.5 Å². The largest absolute Gasteiger partial charge is 0.376 e. The van der Waals surface area contributed by atoms with Gasteiger partial charge in [-0.3, -0.25) is 15.1 Å². The van der Waals surface area contributed by atoms with Crippen LogP contribution in [0.25, 0.3) is 55.8 Å². The molecule has 0 amide bonds. The van der Waals surface area contributed by atoms with E-state index in [1.807, 2.05) is 49.3 Å². The van der Waals surface area contributed by atoms with Gasteiger partial charge in [-0.05, 0) is 42.0 Å². The summed E-state index contributed by atoms with van der Waals surface area (Å²) >= 11 is 0. The molecule has 0 saturated carbocycles. The molecule has 5 aromatic heterocycles. The van der Waals surface area contributed by atoms with E-state index in [-0.39, 0.29) is 5.82 Å². The number of pyridine rings is 3. The van der Waals surface area contributed by atoms with Gasteiger partial charge in [0.2, 0.25) is 0 Å². The van der Waals surface area contributed by atoms with E-state index in [1.54, 1.807) is 37.1 Å². The number of aromatic amines is 2. The summed E-state index contributed by atoms with van der Waals surface area (Å²) in [6.45, 7) is 0. The third kappa shape index (κ3) is 3.17. The van der Waals surface area contributed by atoms with E-state index in [0.29, 0.717) is 39.2 Å². The molecule has 8 nitrogen and oxygen atoms in total. The van der Waals surface area contributed by atoms with Gasteiger partial charge in [0, 0.05) is 55.6 Å². The number of imidazole rings is 1. The van der Waals surface area contributed by atoms with Crippen LogP contribution in [0.4, 0.5) is 10.1 Å². The fourth-order valence-corrected chi connectivity index (χ4v) is 4.08. The molecular formula is C25H19FN8. The van der Waals surface area contributed by atoms with Crippen LogP contribution in [0, 0.1) is 5.82 Å². The van der Waals surface area contributed by atoms with E-state index in [4.69, 9.17) is 0 Å². The minimum absolute atomic E-state index is 0.359. The molecule has 1 aromatic carbocycles. The lowest BCUT2D eigenvalue weighted by molar-refractivity contribution is 0.643. The molecule has 0 atom stereocenters. The fraction of sp³-hybridized carbons (Fsp3) is 0.0800. The standard InChI is InChI=1S/C25H19FN8/c1-34(2)16-11-15(12-28-13-16)17-3-4-19-20(21(17)26)23(33-32-19)25-30-22-18(7-10-29-24(22)31-25)14-5-8-27-9-6-14/h3-13H,1-2H3,(H,32,33)(H,29,30,31). The molecule has 0 aliphatic rings. The average molecular weight is 450 g/mol. The van der Waals surface area contributed by atoms with Gasteiger partial charge in [0.1, 0.15) is 11.5 Å². The number of nitrogens with zero attached hydrogens (tertiary/aromatic N) is 6. The topological polar surface area (TPSA) is 99.3 Å². The lowest BCUT2D eigenvalue weighted by Gasteiger charge is -2.13. The number of anilines is 1. The number of hydrogen-bond acceptors (Lipinski definition) is 6. The Labute approximate surface area is 193 Å². The van der Waals surface area contributed by atoms with E-state index >= 15 is 4.39 Å². The summed E-state index contributed by atoms with van der Waals surface area (Å²) < 4.78 is 15.9. The number of H-pyrrole nitrogens is 2. The van der Waals surface area contributed by atoms with Crippen molar-refractivity contribution >= 4 is 27.8 Å². The molecule has 34 heavy (non-hydrogen) atoms. The Morgan fingerprint density at radius 3 is 2.56 bits per heavy atom. The van der Waals surface area contributed by atoms with E-state index in [1.165, 1.54) is 0 Å². The first-order chi connectivity index (χ1) is 16.6. The lowest BCUT2D eigenvalue weighted by Crippen LogP contribution is -2.08. The molecule has 0 aliphatic heterocycles. The maximum Gasteiger partial charge on any atom is 0.178 e. The number of halogens is 1. The van der Waals surface area contributed by atoms with Crippen LogP contribution in [-0.2, 0) is 0 Å². The molecule has 5 heterocycles. The zero-order valence-electron chi connectivity index (χ0n) is 18.4. The average Bonchev–Trinajstić information content (AvgIpc) is 3.49. The second-order valence-electron chi connectivity index (χ2n) is 8.13. The second-order valence-corrected chi connectivity index (χ2v) is 8.13. The fourth-order valence-electron chi connectivity index (χ4n) is 4.08. The number of fused-ring (bicyclic) bond motifs is 2. The van der Waals surface area contributed by atoms with Crippen molar-refractivity contribution in [2.75, 3.05) is 19.0 Å². The Hall–Kier alpha value is -4.66. The lowest BCUT2D eigenvalue weighted by atomic mass is 10.0. The van der Waals surface area contributed by atoms with Crippen LogP contribution < -0.4 is 4.90 Å². The highest BCUT2D eigenvalue weighted by Gasteiger charge is 2.20. The molecule has 0 bridgehead atoms. The smallest absolute Gasteiger partial charge is 0.178 e. The van der Waals surface area contributed by atoms with Crippen molar-refractivity contribution in [3.8, 4) is 33.8 Å². The number of nitrogens with one attached hydrogen (secondary N) is 2. The number of hydrogen-bond donors (Lipinski definition) is 2. The molecule has 9 heteroatoms. The van der Waals surface area contributed by atoms with Crippen molar-refractivity contribution in [2.24, 2.45) is 0 Å². The Bertz CT molecular complexity index is 1650. The normalized spacial score (nSPS) is 11.4. The maximum atomic E-state index is 15.9. The predicted octanol–water partition coefficient (Wildman–Crippen LogP) is 4.83. The Kier molecular flexibility index (Phi) is 4.54. The number of aromatic nitrogens is 7. The maximum absolute atomic E-state index is 15.9. The summed E-state index contributed by atoms with van der Waals surface area (Å²) in [5, 5.41) is 7.67. The SMILES string of the molecule is CN(C)c1cncc(-c2ccc3[nH]nc(-c4nc5nccc(-c6ccncc6)c5[nH]4)c3c2F)c1. The monoisotopic (exact) mass is 450 g/mol. The van der Waals surface area contributed by atoms with Crippen molar-refractivity contribution < 1.29 is 4.39 Å². The van der Waals surface area contributed by atoms with Gasteiger partial charge in [-0.15, -0.1) is 0 Å². The minimum Gasteiger partial charge on any atom is -0.376 e. The highest BCUT2D eigenvalue weighted by Crippen LogP contribution is 2.35. The molecule has 166 valence electrons. The highest BCUT2D eigenvalue weighted by atomic mass is 19.1. The molecule has 0 radical (unpaired) electrons. The first-order valence-corrected chi connectivity index (χ1v) is 10.6. The third-order valence-electron chi connectivity index (χ3n) is 5.83. The molecule has 0 spiro atoms. The van der Waals surface area contributed by atoms with E-state index < -0.39 is 0 Å². The van der Waals surface area contributed by atoms with Crippen molar-refractivity contribution in [1.29, 1.82) is 0 Å². The minimum atomic E-state index is -0.387. The van der Waals surface area contributed by atoms with Crippen LogP contribution in [0.1, 0.15) is 0 Å². The van der Waals surface area contributed by atoms with Gasteiger partial charge < -0.3 is 9.88 Å². The van der Waals surface area contributed by atoms with Gasteiger partial charge in [0.05, 0.1) is 28.3 Å². The molecule has 2 N–H and O–H groups in total. The first-order valence-electron chi connectivity index (χ1n) is 10.6. The molecule has 6 rings (SSSR count). The second kappa shape index (κ2) is 7.73. The zero-order chi connectivity index (χ0) is 23.2. The molecule has 0 unspecified atom stereocenters. The highest BCUT2D eigenvalue weighted by molar-refractivity contribution is 5.98. The summed E-state index contributed by atoms with van der Waals surface area (Å²) in [6, 6.07) is 11.2. The van der Waals surface area contributed by atoms with Gasteiger partial charge in [-0.25, -0.2) is 14.4 Å². The van der Waals surface area contributed by atoms with Crippen molar-refractivity contribution in [3.63, 3.8) is 0 Å². The Morgan fingerprint density at radius 2 is 1.74 bits per heavy atom. The molecule has 0 fully saturated rings. The summed E-state index contributed by atoms with van der Waals surface area (Å²) in [6.07, 6.45) is 8.57.